The molecule has 1 aliphatic carbocycles. The Balaban J connectivity index is 2.10. The Morgan fingerprint density at radius 3 is 2.62 bits per heavy atom. The lowest BCUT2D eigenvalue weighted by Gasteiger charge is -2.09. The van der Waals surface area contributed by atoms with Crippen LogP contribution in [0.2, 0.25) is 0 Å². The number of rotatable bonds is 4. The summed E-state index contributed by atoms with van der Waals surface area (Å²) in [5.74, 6) is 0. The minimum Gasteiger partial charge on any atom is -0.271 e. The van der Waals surface area contributed by atoms with Crippen LogP contribution >= 0.6 is 15.9 Å². The fourth-order valence-corrected chi connectivity index (χ4v) is 2.81. The summed E-state index contributed by atoms with van der Waals surface area (Å²) < 4.78 is 29.2. The second-order valence-electron chi connectivity index (χ2n) is 3.96. The van der Waals surface area contributed by atoms with Crippen molar-refractivity contribution in [3.05, 3.63) is 28.2 Å². The molecule has 0 saturated heterocycles. The third-order valence-corrected chi connectivity index (χ3v) is 4.33. The van der Waals surface area contributed by atoms with Crippen LogP contribution in [-0.2, 0) is 10.2 Å². The Bertz CT molecular complexity index is 498. The summed E-state index contributed by atoms with van der Waals surface area (Å²) in [5.41, 5.74) is 1.63. The van der Waals surface area contributed by atoms with E-state index in [2.05, 4.69) is 25.4 Å². The van der Waals surface area contributed by atoms with Gasteiger partial charge in [-0.05, 0) is 37.5 Å². The fraction of sp³-hybridized carbons (Fsp3) is 0.400. The molecule has 0 radical (unpaired) electrons. The lowest BCUT2D eigenvalue weighted by atomic mass is 10.2. The molecule has 16 heavy (non-hydrogen) atoms. The van der Waals surface area contributed by atoms with E-state index in [1.807, 2.05) is 13.0 Å². The maximum atomic E-state index is 11.6. The summed E-state index contributed by atoms with van der Waals surface area (Å²) >= 11 is 3.36. The maximum Gasteiger partial charge on any atom is 0.299 e. The second-order valence-corrected chi connectivity index (χ2v) is 6.26. The second kappa shape index (κ2) is 4.35. The van der Waals surface area contributed by atoms with E-state index in [0.29, 0.717) is 5.69 Å². The standard InChI is InChI=1S/C10H13BrN2O2S/c1-7-2-3-9(6-10(7)11)13-16(14,15)12-8-4-5-8/h2-3,6,8,12-13H,4-5H2,1H3. The molecule has 0 aliphatic heterocycles. The highest BCUT2D eigenvalue weighted by Crippen LogP contribution is 2.23. The van der Waals surface area contributed by atoms with Gasteiger partial charge in [-0.2, -0.15) is 13.1 Å². The lowest BCUT2D eigenvalue weighted by Crippen LogP contribution is -2.31. The third kappa shape index (κ3) is 3.20. The van der Waals surface area contributed by atoms with Gasteiger partial charge in [-0.15, -0.1) is 0 Å². The van der Waals surface area contributed by atoms with Gasteiger partial charge < -0.3 is 0 Å². The fourth-order valence-electron chi connectivity index (χ4n) is 1.26. The molecule has 0 amide bonds. The molecule has 0 heterocycles. The van der Waals surface area contributed by atoms with E-state index in [4.69, 9.17) is 0 Å². The molecule has 0 unspecified atom stereocenters. The number of hydrogen-bond donors (Lipinski definition) is 2. The molecule has 1 saturated carbocycles. The van der Waals surface area contributed by atoms with Crippen LogP contribution in [0.15, 0.2) is 22.7 Å². The van der Waals surface area contributed by atoms with E-state index in [9.17, 15) is 8.42 Å². The number of hydrogen-bond acceptors (Lipinski definition) is 2. The Kier molecular flexibility index (Phi) is 3.23. The van der Waals surface area contributed by atoms with Crippen LogP contribution in [0.5, 0.6) is 0 Å². The summed E-state index contributed by atoms with van der Waals surface area (Å²) in [5, 5.41) is 0. The number of nitrogens with one attached hydrogen (secondary N) is 2. The molecule has 88 valence electrons. The number of anilines is 1. The molecule has 0 bridgehead atoms. The van der Waals surface area contributed by atoms with E-state index < -0.39 is 10.2 Å². The Hall–Kier alpha value is -0.590. The van der Waals surface area contributed by atoms with Gasteiger partial charge in [0, 0.05) is 10.5 Å². The quantitative estimate of drug-likeness (QED) is 0.895. The summed E-state index contributed by atoms with van der Waals surface area (Å²) in [4.78, 5) is 0. The zero-order valence-electron chi connectivity index (χ0n) is 8.83. The average molecular weight is 305 g/mol. The largest absolute Gasteiger partial charge is 0.299 e. The summed E-state index contributed by atoms with van der Waals surface area (Å²) in [6, 6.07) is 5.47. The molecule has 2 N–H and O–H groups in total. The zero-order chi connectivity index (χ0) is 11.8. The first-order valence-corrected chi connectivity index (χ1v) is 7.30. The first-order valence-electron chi connectivity index (χ1n) is 5.02. The van der Waals surface area contributed by atoms with Crippen LogP contribution in [0, 0.1) is 6.92 Å². The highest BCUT2D eigenvalue weighted by atomic mass is 79.9. The molecule has 1 aliphatic rings. The van der Waals surface area contributed by atoms with Crippen molar-refractivity contribution in [3.63, 3.8) is 0 Å². The monoisotopic (exact) mass is 304 g/mol. The molecule has 0 aromatic heterocycles. The molecule has 4 nitrogen and oxygen atoms in total. The van der Waals surface area contributed by atoms with Gasteiger partial charge in [0.2, 0.25) is 0 Å². The topological polar surface area (TPSA) is 58.2 Å². The minimum atomic E-state index is -3.42. The van der Waals surface area contributed by atoms with Crippen LogP contribution in [-0.4, -0.2) is 14.5 Å². The zero-order valence-corrected chi connectivity index (χ0v) is 11.2. The van der Waals surface area contributed by atoms with Crippen molar-refractivity contribution in [1.82, 2.24) is 4.72 Å². The van der Waals surface area contributed by atoms with E-state index in [1.165, 1.54) is 0 Å². The first-order chi connectivity index (χ1) is 7.46. The predicted molar refractivity (Wildman–Crippen MR) is 67.6 cm³/mol. The van der Waals surface area contributed by atoms with Gasteiger partial charge in [0.15, 0.2) is 0 Å². The summed E-state index contributed by atoms with van der Waals surface area (Å²) in [6.07, 6.45) is 1.86. The molecular weight excluding hydrogens is 292 g/mol. The van der Waals surface area contributed by atoms with Crippen molar-refractivity contribution in [3.8, 4) is 0 Å². The molecule has 0 atom stereocenters. The predicted octanol–water partition coefficient (Wildman–Crippen LogP) is 2.17. The normalized spacial score (nSPS) is 16.1. The summed E-state index contributed by atoms with van der Waals surface area (Å²) in [7, 11) is -3.42. The van der Waals surface area contributed by atoms with E-state index in [0.717, 1.165) is 22.9 Å². The van der Waals surface area contributed by atoms with Crippen molar-refractivity contribution in [2.75, 3.05) is 4.72 Å². The molecule has 6 heteroatoms. The number of benzene rings is 1. The highest BCUT2D eigenvalue weighted by Gasteiger charge is 2.26. The molecule has 0 spiro atoms. The first kappa shape index (κ1) is 11.9. The maximum absolute atomic E-state index is 11.6. The van der Waals surface area contributed by atoms with Crippen LogP contribution in [0.4, 0.5) is 5.69 Å². The average Bonchev–Trinajstić information content (AvgIpc) is 2.94. The van der Waals surface area contributed by atoms with Gasteiger partial charge in [-0.25, -0.2) is 0 Å². The molecule has 1 aromatic carbocycles. The van der Waals surface area contributed by atoms with Crippen molar-refractivity contribution in [2.24, 2.45) is 0 Å². The van der Waals surface area contributed by atoms with E-state index in [-0.39, 0.29) is 6.04 Å². The van der Waals surface area contributed by atoms with Gasteiger partial charge in [0.1, 0.15) is 0 Å². The van der Waals surface area contributed by atoms with E-state index >= 15 is 0 Å². The number of halogens is 1. The van der Waals surface area contributed by atoms with Gasteiger partial charge in [0.05, 0.1) is 5.69 Å². The highest BCUT2D eigenvalue weighted by molar-refractivity contribution is 9.10. The van der Waals surface area contributed by atoms with Crippen molar-refractivity contribution >= 4 is 31.8 Å². The van der Waals surface area contributed by atoms with Gasteiger partial charge in [-0.3, -0.25) is 4.72 Å². The molecular formula is C10H13BrN2O2S. The third-order valence-electron chi connectivity index (χ3n) is 2.32. The van der Waals surface area contributed by atoms with Gasteiger partial charge in [-0.1, -0.05) is 22.0 Å². The van der Waals surface area contributed by atoms with Crippen molar-refractivity contribution < 1.29 is 8.42 Å². The Morgan fingerprint density at radius 2 is 2.06 bits per heavy atom. The van der Waals surface area contributed by atoms with Crippen molar-refractivity contribution in [1.29, 1.82) is 0 Å². The smallest absolute Gasteiger partial charge is 0.271 e. The van der Waals surface area contributed by atoms with Crippen LogP contribution in [0.25, 0.3) is 0 Å². The van der Waals surface area contributed by atoms with Gasteiger partial charge >= 0.3 is 0 Å². The lowest BCUT2D eigenvalue weighted by molar-refractivity contribution is 0.586. The van der Waals surface area contributed by atoms with Crippen molar-refractivity contribution in [2.45, 2.75) is 25.8 Å². The van der Waals surface area contributed by atoms with Gasteiger partial charge in [0.25, 0.3) is 10.2 Å². The Morgan fingerprint density at radius 1 is 1.38 bits per heavy atom. The van der Waals surface area contributed by atoms with Crippen LogP contribution in [0.3, 0.4) is 0 Å². The molecule has 1 fully saturated rings. The summed E-state index contributed by atoms with van der Waals surface area (Å²) in [6.45, 7) is 1.95. The van der Waals surface area contributed by atoms with Crippen LogP contribution in [0.1, 0.15) is 18.4 Å². The number of aryl methyl sites for hydroxylation is 1. The van der Waals surface area contributed by atoms with Crippen LogP contribution < -0.4 is 9.44 Å². The molecule has 2 rings (SSSR count). The molecule has 1 aromatic rings. The Labute approximate surface area is 104 Å². The van der Waals surface area contributed by atoms with E-state index in [1.54, 1.807) is 12.1 Å². The SMILES string of the molecule is Cc1ccc(NS(=O)(=O)NC2CC2)cc1Br. The minimum absolute atomic E-state index is 0.117.